The van der Waals surface area contributed by atoms with Gasteiger partial charge in [-0.25, -0.2) is 0 Å². The molecule has 1 aromatic heterocycles. The zero-order valence-corrected chi connectivity index (χ0v) is 14.1. The fraction of sp³-hybridized carbons (Fsp3) is 0.600. The number of carbonyl (C=O) groups is 1. The van der Waals surface area contributed by atoms with Crippen LogP contribution in [-0.2, 0) is 11.3 Å². The van der Waals surface area contributed by atoms with E-state index in [1.54, 1.807) is 11.3 Å². The van der Waals surface area contributed by atoms with E-state index in [1.807, 2.05) is 5.38 Å². The van der Waals surface area contributed by atoms with E-state index < -0.39 is 5.41 Å². The third-order valence-electron chi connectivity index (χ3n) is 3.64. The molecule has 3 N–H and O–H groups in total. The number of rotatable bonds is 8. The van der Waals surface area contributed by atoms with Crippen molar-refractivity contribution in [1.29, 1.82) is 0 Å². The van der Waals surface area contributed by atoms with E-state index in [-0.39, 0.29) is 5.91 Å². The Kier molecular flexibility index (Phi) is 6.62. The lowest BCUT2D eigenvalue weighted by Gasteiger charge is -2.31. The molecule has 0 radical (unpaired) electrons. The first-order valence-corrected chi connectivity index (χ1v) is 8.38. The Morgan fingerprint density at radius 2 is 2.00 bits per heavy atom. The Hall–Kier alpha value is -0.940. The molecule has 112 valence electrons. The summed E-state index contributed by atoms with van der Waals surface area (Å²) in [5, 5.41) is 5.06. The van der Waals surface area contributed by atoms with Crippen molar-refractivity contribution in [3.8, 4) is 0 Å². The number of hydrogen-bond acceptors (Lipinski definition) is 3. The van der Waals surface area contributed by atoms with Crippen molar-refractivity contribution in [2.75, 3.05) is 0 Å². The smallest absolute Gasteiger partial charge is 0.233 e. The topological polar surface area (TPSA) is 55.1 Å². The lowest BCUT2D eigenvalue weighted by atomic mass is 9.78. The summed E-state index contributed by atoms with van der Waals surface area (Å²) in [6.07, 6.45) is 3.21. The first-order valence-electron chi connectivity index (χ1n) is 7.09. The molecule has 5 heteroatoms. The summed E-state index contributed by atoms with van der Waals surface area (Å²) in [6, 6.07) is 2.06. The first kappa shape index (κ1) is 17.1. The molecule has 0 aliphatic rings. The van der Waals surface area contributed by atoms with Crippen LogP contribution >= 0.6 is 23.6 Å². The van der Waals surface area contributed by atoms with E-state index in [2.05, 4.69) is 32.2 Å². The number of aryl methyl sites for hydroxylation is 1. The van der Waals surface area contributed by atoms with Gasteiger partial charge in [0.15, 0.2) is 0 Å². The van der Waals surface area contributed by atoms with Gasteiger partial charge >= 0.3 is 0 Å². The van der Waals surface area contributed by atoms with Crippen molar-refractivity contribution in [2.45, 2.75) is 53.0 Å². The summed E-state index contributed by atoms with van der Waals surface area (Å²) in [5.74, 6) is -0.0264. The molecule has 1 heterocycles. The van der Waals surface area contributed by atoms with Crippen LogP contribution in [0.1, 0.15) is 50.0 Å². The summed E-state index contributed by atoms with van der Waals surface area (Å²) < 4.78 is 0. The van der Waals surface area contributed by atoms with Crippen LogP contribution in [0, 0.1) is 12.3 Å². The average Bonchev–Trinajstić information content (AvgIpc) is 2.80. The molecule has 1 amide bonds. The van der Waals surface area contributed by atoms with Crippen LogP contribution < -0.4 is 11.1 Å². The van der Waals surface area contributed by atoms with Gasteiger partial charge in [0.25, 0.3) is 0 Å². The molecule has 1 aromatic rings. The third-order valence-corrected chi connectivity index (χ3v) is 5.05. The van der Waals surface area contributed by atoms with Gasteiger partial charge in [0.05, 0.1) is 16.9 Å². The van der Waals surface area contributed by atoms with Crippen molar-refractivity contribution in [2.24, 2.45) is 11.1 Å². The van der Waals surface area contributed by atoms with E-state index >= 15 is 0 Å². The minimum absolute atomic E-state index is 0.0264. The minimum Gasteiger partial charge on any atom is -0.392 e. The zero-order chi connectivity index (χ0) is 15.2. The third kappa shape index (κ3) is 3.79. The van der Waals surface area contributed by atoms with E-state index in [0.717, 1.165) is 12.8 Å². The molecule has 3 nitrogen and oxygen atoms in total. The highest BCUT2D eigenvalue weighted by Crippen LogP contribution is 2.31. The molecule has 0 aliphatic heterocycles. The second-order valence-corrected chi connectivity index (χ2v) is 6.60. The number of nitrogens with one attached hydrogen (secondary N) is 1. The van der Waals surface area contributed by atoms with Gasteiger partial charge in [-0.2, -0.15) is 0 Å². The summed E-state index contributed by atoms with van der Waals surface area (Å²) in [6.45, 7) is 6.72. The highest BCUT2D eigenvalue weighted by atomic mass is 32.1. The quantitative estimate of drug-likeness (QED) is 0.722. The van der Waals surface area contributed by atoms with Crippen LogP contribution in [0.3, 0.4) is 0 Å². The van der Waals surface area contributed by atoms with Crippen molar-refractivity contribution >= 4 is 34.5 Å². The molecule has 0 aliphatic carbocycles. The molecular weight excluding hydrogens is 288 g/mol. The Labute approximate surface area is 130 Å². The summed E-state index contributed by atoms with van der Waals surface area (Å²) in [7, 11) is 0. The van der Waals surface area contributed by atoms with Gasteiger partial charge in [-0.1, -0.05) is 38.9 Å². The second kappa shape index (κ2) is 7.74. The van der Waals surface area contributed by atoms with Crippen molar-refractivity contribution in [1.82, 2.24) is 5.32 Å². The predicted octanol–water partition coefficient (Wildman–Crippen LogP) is 3.55. The van der Waals surface area contributed by atoms with E-state index in [0.29, 0.717) is 24.4 Å². The highest BCUT2D eigenvalue weighted by molar-refractivity contribution is 7.80. The molecule has 0 saturated heterocycles. The van der Waals surface area contributed by atoms with Crippen LogP contribution in [0.25, 0.3) is 0 Å². The van der Waals surface area contributed by atoms with E-state index in [1.165, 1.54) is 10.4 Å². The van der Waals surface area contributed by atoms with Crippen molar-refractivity contribution < 1.29 is 4.79 Å². The number of thiophene rings is 1. The van der Waals surface area contributed by atoms with Gasteiger partial charge in [-0.3, -0.25) is 4.79 Å². The van der Waals surface area contributed by atoms with Gasteiger partial charge in [0.1, 0.15) is 0 Å². The number of carbonyl (C=O) groups excluding carboxylic acids is 1. The fourth-order valence-corrected chi connectivity index (χ4v) is 3.62. The first-order chi connectivity index (χ1) is 9.47. The van der Waals surface area contributed by atoms with Crippen molar-refractivity contribution in [3.05, 3.63) is 21.9 Å². The molecule has 0 aromatic carbocycles. The lowest BCUT2D eigenvalue weighted by Crippen LogP contribution is -2.48. The minimum atomic E-state index is -0.690. The Balaban J connectivity index is 2.82. The fourth-order valence-electron chi connectivity index (χ4n) is 2.48. The normalized spacial score (nSPS) is 11.3. The molecule has 0 bridgehead atoms. The average molecular weight is 313 g/mol. The lowest BCUT2D eigenvalue weighted by molar-refractivity contribution is -0.128. The zero-order valence-electron chi connectivity index (χ0n) is 12.5. The molecule has 0 fully saturated rings. The molecule has 20 heavy (non-hydrogen) atoms. The second-order valence-electron chi connectivity index (χ2n) is 5.16. The Bertz CT molecular complexity index is 462. The van der Waals surface area contributed by atoms with Crippen LogP contribution in [0.2, 0.25) is 0 Å². The maximum atomic E-state index is 12.6. The maximum absolute atomic E-state index is 12.6. The van der Waals surface area contributed by atoms with Gasteiger partial charge in [-0.05, 0) is 36.8 Å². The largest absolute Gasteiger partial charge is 0.392 e. The number of hydrogen-bond donors (Lipinski definition) is 2. The SMILES string of the molecule is CCCC(CCC)(C(=O)NCc1sccc1C)C(N)=S. The molecular formula is C15H24N2OS2. The monoisotopic (exact) mass is 312 g/mol. The predicted molar refractivity (Wildman–Crippen MR) is 89.9 cm³/mol. The van der Waals surface area contributed by atoms with Gasteiger partial charge in [0, 0.05) is 4.88 Å². The molecule has 0 saturated carbocycles. The molecule has 0 spiro atoms. The summed E-state index contributed by atoms with van der Waals surface area (Å²) >= 11 is 6.85. The van der Waals surface area contributed by atoms with E-state index in [4.69, 9.17) is 18.0 Å². The van der Waals surface area contributed by atoms with Gasteiger partial charge in [0.2, 0.25) is 5.91 Å². The summed E-state index contributed by atoms with van der Waals surface area (Å²) in [4.78, 5) is 14.1. The Morgan fingerprint density at radius 3 is 2.40 bits per heavy atom. The van der Waals surface area contributed by atoms with Crippen LogP contribution in [0.4, 0.5) is 0 Å². The van der Waals surface area contributed by atoms with Crippen LogP contribution in [0.15, 0.2) is 11.4 Å². The van der Waals surface area contributed by atoms with Gasteiger partial charge in [-0.15, -0.1) is 11.3 Å². The van der Waals surface area contributed by atoms with Crippen molar-refractivity contribution in [3.63, 3.8) is 0 Å². The maximum Gasteiger partial charge on any atom is 0.233 e. The number of amides is 1. The van der Waals surface area contributed by atoms with Crippen LogP contribution in [-0.4, -0.2) is 10.9 Å². The van der Waals surface area contributed by atoms with Gasteiger partial charge < -0.3 is 11.1 Å². The number of nitrogens with two attached hydrogens (primary N) is 1. The van der Waals surface area contributed by atoms with Crippen LogP contribution in [0.5, 0.6) is 0 Å². The standard InChI is InChI=1S/C15H24N2OS2/c1-4-7-15(8-5-2,13(16)19)14(18)17-10-12-11(3)6-9-20-12/h6,9H,4-5,7-8,10H2,1-3H3,(H2,16,19)(H,17,18). The highest BCUT2D eigenvalue weighted by Gasteiger charge is 2.39. The number of thiocarbonyl (C=S) groups is 1. The Morgan fingerprint density at radius 1 is 1.40 bits per heavy atom. The molecule has 0 unspecified atom stereocenters. The van der Waals surface area contributed by atoms with E-state index in [9.17, 15) is 4.79 Å². The molecule has 0 atom stereocenters. The summed E-state index contributed by atoms with van der Waals surface area (Å²) in [5.41, 5.74) is 6.42. The molecule has 1 rings (SSSR count).